The second-order valence-corrected chi connectivity index (χ2v) is 9.70. The number of anilines is 1. The number of rotatable bonds is 7. The Balaban J connectivity index is 1.49. The Hall–Kier alpha value is -3.68. The van der Waals surface area contributed by atoms with Crippen molar-refractivity contribution >= 4 is 38.7 Å². The van der Waals surface area contributed by atoms with Crippen LogP contribution in [0.2, 0.25) is 0 Å². The third-order valence-electron chi connectivity index (χ3n) is 6.40. The van der Waals surface area contributed by atoms with E-state index in [4.69, 9.17) is 16.2 Å². The van der Waals surface area contributed by atoms with Gasteiger partial charge in [-0.05, 0) is 79.1 Å². The SMILES string of the molecule is NC(=O)C=C(CC1CCNCC1)c1cnc(N)c2c(-c3ccc(Oc4ccccc4)cc3)csc12. The summed E-state index contributed by atoms with van der Waals surface area (Å²) in [6, 6.07) is 17.7. The highest BCUT2D eigenvalue weighted by Gasteiger charge is 2.21. The van der Waals surface area contributed by atoms with Gasteiger partial charge in [-0.1, -0.05) is 30.3 Å². The summed E-state index contributed by atoms with van der Waals surface area (Å²) in [5.74, 6) is 2.10. The Morgan fingerprint density at radius 3 is 2.51 bits per heavy atom. The summed E-state index contributed by atoms with van der Waals surface area (Å²) in [7, 11) is 0. The fraction of sp³-hybridized carbons (Fsp3) is 0.214. The van der Waals surface area contributed by atoms with Gasteiger partial charge in [0.25, 0.3) is 0 Å². The quantitative estimate of drug-likeness (QED) is 0.296. The number of ether oxygens (including phenoxy) is 1. The molecule has 0 radical (unpaired) electrons. The number of primary amides is 1. The third-order valence-corrected chi connectivity index (χ3v) is 7.41. The number of hydrogen-bond donors (Lipinski definition) is 3. The van der Waals surface area contributed by atoms with Crippen LogP contribution in [0.5, 0.6) is 11.5 Å². The van der Waals surface area contributed by atoms with E-state index in [0.29, 0.717) is 11.7 Å². The highest BCUT2D eigenvalue weighted by molar-refractivity contribution is 7.18. The number of fused-ring (bicyclic) bond motifs is 1. The van der Waals surface area contributed by atoms with Gasteiger partial charge in [-0.25, -0.2) is 4.98 Å². The standard InChI is InChI=1S/C28H28N4O2S/c29-25(33)15-20(14-18-10-12-31-13-11-18)23-16-32-28(30)26-24(17-35-27(23)26)19-6-8-22(9-7-19)34-21-4-2-1-3-5-21/h1-9,15-18,31H,10-14H2,(H2,29,33)(H2,30,32). The number of benzene rings is 2. The van der Waals surface area contributed by atoms with Crippen molar-refractivity contribution in [3.8, 4) is 22.6 Å². The molecule has 1 fully saturated rings. The Morgan fingerprint density at radius 1 is 1.09 bits per heavy atom. The summed E-state index contributed by atoms with van der Waals surface area (Å²) in [6.45, 7) is 1.99. The van der Waals surface area contributed by atoms with Crippen LogP contribution in [0.4, 0.5) is 5.82 Å². The number of nitrogen functional groups attached to an aromatic ring is 1. The molecule has 4 aromatic rings. The highest BCUT2D eigenvalue weighted by Crippen LogP contribution is 2.42. The van der Waals surface area contributed by atoms with Gasteiger partial charge in [-0.2, -0.15) is 0 Å². The number of aromatic nitrogens is 1. The van der Waals surface area contributed by atoms with E-state index in [-0.39, 0.29) is 0 Å². The number of carbonyl (C=O) groups excluding carboxylic acids is 1. The minimum atomic E-state index is -0.440. The van der Waals surface area contributed by atoms with Crippen LogP contribution in [0, 0.1) is 5.92 Å². The van der Waals surface area contributed by atoms with E-state index in [1.807, 2.05) is 54.6 Å². The van der Waals surface area contributed by atoms with Gasteiger partial charge >= 0.3 is 0 Å². The lowest BCUT2D eigenvalue weighted by molar-refractivity contribution is -0.113. The molecule has 6 nitrogen and oxygen atoms in total. The first-order chi connectivity index (χ1) is 17.1. The first kappa shape index (κ1) is 23.1. The van der Waals surface area contributed by atoms with Crippen molar-refractivity contribution in [2.24, 2.45) is 11.7 Å². The third kappa shape index (κ3) is 5.21. The Bertz CT molecular complexity index is 1360. The van der Waals surface area contributed by atoms with E-state index in [9.17, 15) is 4.79 Å². The number of nitrogens with two attached hydrogens (primary N) is 2. The molecule has 0 atom stereocenters. The number of allylic oxidation sites excluding steroid dienone is 1. The summed E-state index contributed by atoms with van der Waals surface area (Å²) in [5, 5.41) is 6.41. The maximum Gasteiger partial charge on any atom is 0.241 e. The molecular weight excluding hydrogens is 456 g/mol. The lowest BCUT2D eigenvalue weighted by Gasteiger charge is -2.24. The predicted molar refractivity (Wildman–Crippen MR) is 143 cm³/mol. The summed E-state index contributed by atoms with van der Waals surface area (Å²) < 4.78 is 6.96. The van der Waals surface area contributed by atoms with Gasteiger partial charge in [0.15, 0.2) is 0 Å². The molecule has 0 unspecified atom stereocenters. The van der Waals surface area contributed by atoms with E-state index in [1.54, 1.807) is 23.6 Å². The van der Waals surface area contributed by atoms with Crippen molar-refractivity contribution in [1.82, 2.24) is 10.3 Å². The number of amides is 1. The van der Waals surface area contributed by atoms with E-state index < -0.39 is 5.91 Å². The van der Waals surface area contributed by atoms with Gasteiger partial charge in [0.2, 0.25) is 5.91 Å². The van der Waals surface area contributed by atoms with Crippen LogP contribution in [0.15, 0.2) is 72.3 Å². The molecule has 2 aromatic carbocycles. The zero-order valence-corrected chi connectivity index (χ0v) is 20.2. The highest BCUT2D eigenvalue weighted by atomic mass is 32.1. The fourth-order valence-electron chi connectivity index (χ4n) is 4.65. The number of nitrogens with zero attached hydrogens (tertiary/aromatic N) is 1. The van der Waals surface area contributed by atoms with E-state index >= 15 is 0 Å². The van der Waals surface area contributed by atoms with Crippen molar-refractivity contribution in [1.29, 1.82) is 0 Å². The van der Waals surface area contributed by atoms with Gasteiger partial charge in [0.1, 0.15) is 17.3 Å². The Labute approximate surface area is 208 Å². The molecule has 2 aromatic heterocycles. The largest absolute Gasteiger partial charge is 0.457 e. The van der Waals surface area contributed by atoms with Crippen LogP contribution in [-0.4, -0.2) is 24.0 Å². The minimum Gasteiger partial charge on any atom is -0.457 e. The minimum absolute atomic E-state index is 0.440. The average Bonchev–Trinajstić information content (AvgIpc) is 3.32. The number of pyridine rings is 1. The molecule has 5 N–H and O–H groups in total. The first-order valence-corrected chi connectivity index (χ1v) is 12.7. The van der Waals surface area contributed by atoms with Crippen molar-refractivity contribution in [3.63, 3.8) is 0 Å². The smallest absolute Gasteiger partial charge is 0.241 e. The van der Waals surface area contributed by atoms with Crippen LogP contribution in [0.3, 0.4) is 0 Å². The Morgan fingerprint density at radius 2 is 1.80 bits per heavy atom. The number of para-hydroxylation sites is 1. The van der Waals surface area contributed by atoms with Gasteiger partial charge in [0.05, 0.1) is 0 Å². The van der Waals surface area contributed by atoms with Gasteiger partial charge in [-0.3, -0.25) is 4.79 Å². The summed E-state index contributed by atoms with van der Waals surface area (Å²) in [4.78, 5) is 16.4. The zero-order chi connectivity index (χ0) is 24.2. The Kier molecular flexibility index (Phi) is 6.79. The molecule has 1 saturated heterocycles. The molecule has 0 aliphatic carbocycles. The summed E-state index contributed by atoms with van der Waals surface area (Å²) >= 11 is 1.62. The molecule has 1 amide bonds. The summed E-state index contributed by atoms with van der Waals surface area (Å²) in [5.41, 5.74) is 15.9. The number of carbonyl (C=O) groups is 1. The predicted octanol–water partition coefficient (Wildman–Crippen LogP) is 5.60. The van der Waals surface area contributed by atoms with Gasteiger partial charge in [0, 0.05) is 33.5 Å². The van der Waals surface area contributed by atoms with Crippen molar-refractivity contribution in [2.45, 2.75) is 19.3 Å². The maximum atomic E-state index is 11.9. The van der Waals surface area contributed by atoms with E-state index in [1.165, 1.54) is 0 Å². The molecule has 3 heterocycles. The van der Waals surface area contributed by atoms with Crippen LogP contribution in [0.25, 0.3) is 26.8 Å². The second-order valence-electron chi connectivity index (χ2n) is 8.82. The lowest BCUT2D eigenvalue weighted by atomic mass is 9.88. The molecule has 1 aliphatic heterocycles. The number of piperidine rings is 1. The van der Waals surface area contributed by atoms with Crippen LogP contribution in [-0.2, 0) is 4.79 Å². The fourth-order valence-corrected chi connectivity index (χ4v) is 5.78. The van der Waals surface area contributed by atoms with Crippen molar-refractivity contribution in [3.05, 3.63) is 77.8 Å². The zero-order valence-electron chi connectivity index (χ0n) is 19.4. The van der Waals surface area contributed by atoms with Crippen molar-refractivity contribution in [2.75, 3.05) is 18.8 Å². The lowest BCUT2D eigenvalue weighted by Crippen LogP contribution is -2.27. The molecule has 0 saturated carbocycles. The molecule has 35 heavy (non-hydrogen) atoms. The number of hydrogen-bond acceptors (Lipinski definition) is 6. The molecular formula is C28H28N4O2S. The molecule has 178 valence electrons. The topological polar surface area (TPSA) is 103 Å². The molecule has 7 heteroatoms. The monoisotopic (exact) mass is 484 g/mol. The second kappa shape index (κ2) is 10.3. The van der Waals surface area contributed by atoms with Gasteiger partial charge < -0.3 is 21.5 Å². The van der Waals surface area contributed by atoms with E-state index in [2.05, 4.69) is 15.7 Å². The van der Waals surface area contributed by atoms with Gasteiger partial charge in [-0.15, -0.1) is 11.3 Å². The number of thiophene rings is 1. The molecule has 1 aliphatic rings. The summed E-state index contributed by atoms with van der Waals surface area (Å²) in [6.07, 6.45) is 6.29. The normalized spacial score (nSPS) is 14.8. The molecule has 0 spiro atoms. The van der Waals surface area contributed by atoms with Crippen LogP contribution < -0.4 is 21.5 Å². The first-order valence-electron chi connectivity index (χ1n) is 11.8. The van der Waals surface area contributed by atoms with Crippen molar-refractivity contribution < 1.29 is 9.53 Å². The molecule has 5 rings (SSSR count). The van der Waals surface area contributed by atoms with Crippen LogP contribution in [0.1, 0.15) is 24.8 Å². The number of nitrogens with one attached hydrogen (secondary N) is 1. The van der Waals surface area contributed by atoms with Crippen LogP contribution >= 0.6 is 11.3 Å². The maximum absolute atomic E-state index is 11.9. The average molecular weight is 485 g/mol. The van der Waals surface area contributed by atoms with E-state index in [0.717, 1.165) is 76.2 Å². The molecule has 0 bridgehead atoms.